The molecular weight excluding hydrogens is 384 g/mol. The topological polar surface area (TPSA) is 109 Å². The zero-order valence-electron chi connectivity index (χ0n) is 14.5. The monoisotopic (exact) mass is 400 g/mol. The molecule has 1 aliphatic heterocycles. The summed E-state index contributed by atoms with van der Waals surface area (Å²) in [5.74, 6) is 0.0408. The molecule has 0 saturated carbocycles. The highest BCUT2D eigenvalue weighted by Crippen LogP contribution is 2.40. The quantitative estimate of drug-likeness (QED) is 0.499. The first-order chi connectivity index (χ1) is 13.1. The van der Waals surface area contributed by atoms with Crippen molar-refractivity contribution in [2.24, 2.45) is 0 Å². The molecule has 0 atom stereocenters. The fraction of sp³-hybridized carbons (Fsp3) is 0.167. The van der Waals surface area contributed by atoms with E-state index in [0.717, 1.165) is 16.3 Å². The number of H-pyrrole nitrogens is 1. The van der Waals surface area contributed by atoms with Crippen LogP contribution in [0.4, 0.5) is 17.3 Å². The van der Waals surface area contributed by atoms with Crippen molar-refractivity contribution in [2.45, 2.75) is 11.3 Å². The summed E-state index contributed by atoms with van der Waals surface area (Å²) in [7, 11) is 0. The largest absolute Gasteiger partial charge is 0.368 e. The van der Waals surface area contributed by atoms with Gasteiger partial charge in [-0.2, -0.15) is 0 Å². The maximum Gasteiger partial charge on any atom is 0.255 e. The molecule has 2 aromatic heterocycles. The number of nitrogens with two attached hydrogens (primary N) is 1. The van der Waals surface area contributed by atoms with Crippen LogP contribution in [-0.4, -0.2) is 33.7 Å². The van der Waals surface area contributed by atoms with Crippen molar-refractivity contribution >= 4 is 46.6 Å². The number of anilines is 3. The Morgan fingerprint density at radius 3 is 2.96 bits per heavy atom. The Balaban J connectivity index is 1.90. The molecule has 1 aromatic carbocycles. The van der Waals surface area contributed by atoms with Crippen LogP contribution in [0, 0.1) is 0 Å². The lowest BCUT2D eigenvalue weighted by Crippen LogP contribution is -2.31. The van der Waals surface area contributed by atoms with Gasteiger partial charge in [-0.15, -0.1) is 11.8 Å². The van der Waals surface area contributed by atoms with Gasteiger partial charge in [0.1, 0.15) is 0 Å². The van der Waals surface area contributed by atoms with Crippen molar-refractivity contribution in [3.63, 3.8) is 0 Å². The average Bonchev–Trinajstić information content (AvgIpc) is 3.02. The van der Waals surface area contributed by atoms with E-state index in [0.29, 0.717) is 40.6 Å². The van der Waals surface area contributed by atoms with Gasteiger partial charge < -0.3 is 21.4 Å². The van der Waals surface area contributed by atoms with Gasteiger partial charge in [-0.1, -0.05) is 17.7 Å². The molecule has 0 spiro atoms. The third-order valence-electron chi connectivity index (χ3n) is 4.33. The van der Waals surface area contributed by atoms with Crippen LogP contribution < -0.4 is 16.4 Å². The first-order valence-electron chi connectivity index (χ1n) is 8.30. The number of halogens is 1. The molecular formula is C18H17ClN6OS. The second-order valence-electron chi connectivity index (χ2n) is 5.98. The SMILES string of the molecule is CSc1c(Cl)cccc1Nc1c(-c2ccnc(N)n2)[nH]c2c1C(=O)NCC2. The zero-order valence-corrected chi connectivity index (χ0v) is 16.0. The van der Waals surface area contributed by atoms with Crippen molar-refractivity contribution in [1.82, 2.24) is 20.3 Å². The first kappa shape index (κ1) is 17.7. The van der Waals surface area contributed by atoms with Crippen LogP contribution in [0.15, 0.2) is 35.4 Å². The lowest BCUT2D eigenvalue weighted by Gasteiger charge is -2.16. The van der Waals surface area contributed by atoms with E-state index in [4.69, 9.17) is 17.3 Å². The number of rotatable bonds is 4. The van der Waals surface area contributed by atoms with Crippen molar-refractivity contribution in [1.29, 1.82) is 0 Å². The number of hydrogen-bond acceptors (Lipinski definition) is 6. The third-order valence-corrected chi connectivity index (χ3v) is 5.60. The Morgan fingerprint density at radius 1 is 1.33 bits per heavy atom. The minimum atomic E-state index is -0.129. The van der Waals surface area contributed by atoms with Gasteiger partial charge in [0.05, 0.1) is 33.3 Å². The molecule has 1 amide bonds. The van der Waals surface area contributed by atoms with Gasteiger partial charge >= 0.3 is 0 Å². The van der Waals surface area contributed by atoms with E-state index >= 15 is 0 Å². The molecule has 3 heterocycles. The summed E-state index contributed by atoms with van der Waals surface area (Å²) in [6.07, 6.45) is 4.26. The van der Waals surface area contributed by atoms with Gasteiger partial charge in [0.2, 0.25) is 5.95 Å². The number of amides is 1. The minimum absolute atomic E-state index is 0.129. The highest BCUT2D eigenvalue weighted by atomic mass is 35.5. The number of carbonyl (C=O) groups is 1. The number of nitrogens with zero attached hydrogens (tertiary/aromatic N) is 2. The summed E-state index contributed by atoms with van der Waals surface area (Å²) < 4.78 is 0. The van der Waals surface area contributed by atoms with Crippen LogP contribution in [0.1, 0.15) is 16.1 Å². The summed E-state index contributed by atoms with van der Waals surface area (Å²) >= 11 is 7.87. The highest BCUT2D eigenvalue weighted by molar-refractivity contribution is 7.98. The van der Waals surface area contributed by atoms with E-state index in [2.05, 4.69) is 25.6 Å². The van der Waals surface area contributed by atoms with E-state index in [9.17, 15) is 4.79 Å². The Hall–Kier alpha value is -2.71. The summed E-state index contributed by atoms with van der Waals surface area (Å²) in [5, 5.41) is 6.93. The summed E-state index contributed by atoms with van der Waals surface area (Å²) in [6, 6.07) is 7.38. The maximum absolute atomic E-state index is 12.6. The molecule has 5 N–H and O–H groups in total. The lowest BCUT2D eigenvalue weighted by atomic mass is 10.1. The molecule has 0 bridgehead atoms. The predicted octanol–water partition coefficient (Wildman–Crippen LogP) is 3.46. The molecule has 7 nitrogen and oxygen atoms in total. The molecule has 138 valence electrons. The van der Waals surface area contributed by atoms with Crippen molar-refractivity contribution in [3.8, 4) is 11.4 Å². The van der Waals surface area contributed by atoms with Crippen LogP contribution in [0.3, 0.4) is 0 Å². The average molecular weight is 401 g/mol. The van der Waals surface area contributed by atoms with E-state index in [1.807, 2.05) is 24.5 Å². The number of nitrogen functional groups attached to an aromatic ring is 1. The standard InChI is InChI=1S/C18H17ClN6OS/c1-27-16-9(19)3-2-4-12(16)24-15-13-10(5-7-21-17(13)26)23-14(15)11-6-8-22-18(20)25-11/h2-4,6,8,23-24H,5,7H2,1H3,(H,21,26)(H2,20,22,25). The minimum Gasteiger partial charge on any atom is -0.368 e. The summed E-state index contributed by atoms with van der Waals surface area (Å²) in [5.41, 5.74) is 9.98. The summed E-state index contributed by atoms with van der Waals surface area (Å²) in [6.45, 7) is 0.588. The van der Waals surface area contributed by atoms with Gasteiger partial charge in [0, 0.05) is 29.8 Å². The van der Waals surface area contributed by atoms with Crippen molar-refractivity contribution in [3.05, 3.63) is 46.7 Å². The first-order valence-corrected chi connectivity index (χ1v) is 9.90. The fourth-order valence-corrected chi connectivity index (χ4v) is 4.17. The number of aromatic nitrogens is 3. The van der Waals surface area contributed by atoms with Crippen molar-refractivity contribution < 1.29 is 4.79 Å². The van der Waals surface area contributed by atoms with E-state index in [1.54, 1.807) is 12.3 Å². The number of carbonyl (C=O) groups excluding carboxylic acids is 1. The van der Waals surface area contributed by atoms with Gasteiger partial charge in [0.15, 0.2) is 0 Å². The molecule has 9 heteroatoms. The Bertz CT molecular complexity index is 1030. The second-order valence-corrected chi connectivity index (χ2v) is 7.20. The molecule has 0 radical (unpaired) electrons. The molecule has 3 aromatic rings. The Labute approximate surface area is 165 Å². The molecule has 27 heavy (non-hydrogen) atoms. The lowest BCUT2D eigenvalue weighted by molar-refractivity contribution is 0.0947. The number of hydrogen-bond donors (Lipinski definition) is 4. The number of thioether (sulfide) groups is 1. The van der Waals surface area contributed by atoms with Crippen LogP contribution in [0.5, 0.6) is 0 Å². The van der Waals surface area contributed by atoms with Crippen LogP contribution >= 0.6 is 23.4 Å². The molecule has 0 unspecified atom stereocenters. The Morgan fingerprint density at radius 2 is 2.19 bits per heavy atom. The predicted molar refractivity (Wildman–Crippen MR) is 109 cm³/mol. The second kappa shape index (κ2) is 7.13. The zero-order chi connectivity index (χ0) is 19.0. The number of benzene rings is 1. The van der Waals surface area contributed by atoms with Gasteiger partial charge in [-0.05, 0) is 24.5 Å². The smallest absolute Gasteiger partial charge is 0.255 e. The van der Waals surface area contributed by atoms with Crippen LogP contribution in [-0.2, 0) is 6.42 Å². The molecule has 1 aliphatic rings. The number of nitrogens with one attached hydrogen (secondary N) is 3. The van der Waals surface area contributed by atoms with Gasteiger partial charge in [-0.3, -0.25) is 4.79 Å². The van der Waals surface area contributed by atoms with Gasteiger partial charge in [0.25, 0.3) is 5.91 Å². The summed E-state index contributed by atoms with van der Waals surface area (Å²) in [4.78, 5) is 25.1. The van der Waals surface area contributed by atoms with Crippen molar-refractivity contribution in [2.75, 3.05) is 23.9 Å². The van der Waals surface area contributed by atoms with Gasteiger partial charge in [-0.25, -0.2) is 9.97 Å². The molecule has 0 aliphatic carbocycles. The van der Waals surface area contributed by atoms with E-state index < -0.39 is 0 Å². The molecule has 4 rings (SSSR count). The van der Waals surface area contributed by atoms with E-state index in [-0.39, 0.29) is 11.9 Å². The Kier molecular flexibility index (Phi) is 4.67. The van der Waals surface area contributed by atoms with Crippen LogP contribution in [0.2, 0.25) is 5.02 Å². The molecule has 0 saturated heterocycles. The highest BCUT2D eigenvalue weighted by Gasteiger charge is 2.28. The van der Waals surface area contributed by atoms with E-state index in [1.165, 1.54) is 11.8 Å². The fourth-order valence-electron chi connectivity index (χ4n) is 3.16. The third kappa shape index (κ3) is 3.22. The normalized spacial score (nSPS) is 13.2. The number of fused-ring (bicyclic) bond motifs is 1. The maximum atomic E-state index is 12.6. The number of aromatic amines is 1. The van der Waals surface area contributed by atoms with Crippen LogP contribution in [0.25, 0.3) is 11.4 Å². The molecule has 0 fully saturated rings.